The van der Waals surface area contributed by atoms with Crippen molar-refractivity contribution in [2.24, 2.45) is 0 Å². The molecule has 4 nitrogen and oxygen atoms in total. The Morgan fingerprint density at radius 1 is 1.20 bits per heavy atom. The molecule has 0 aliphatic carbocycles. The summed E-state index contributed by atoms with van der Waals surface area (Å²) in [6.07, 6.45) is 0.302. The average Bonchev–Trinajstić information content (AvgIpc) is 2.47. The van der Waals surface area contributed by atoms with Crippen LogP contribution < -0.4 is 10.2 Å². The van der Waals surface area contributed by atoms with Crippen LogP contribution in [-0.4, -0.2) is 23.5 Å². The lowest BCUT2D eigenvalue weighted by Crippen LogP contribution is -2.33. The maximum absolute atomic E-state index is 13.7. The predicted molar refractivity (Wildman–Crippen MR) is 72.4 cm³/mol. The molecule has 0 radical (unpaired) electrons. The van der Waals surface area contributed by atoms with Crippen LogP contribution in [0.1, 0.15) is 15.9 Å². The van der Waals surface area contributed by atoms with Crippen LogP contribution in [0.4, 0.5) is 4.39 Å². The van der Waals surface area contributed by atoms with Crippen molar-refractivity contribution in [1.29, 1.82) is 0 Å². The summed E-state index contributed by atoms with van der Waals surface area (Å²) < 4.78 is 19.1. The van der Waals surface area contributed by atoms with Gasteiger partial charge < -0.3 is 14.8 Å². The van der Waals surface area contributed by atoms with Gasteiger partial charge in [0.05, 0.1) is 5.56 Å². The van der Waals surface area contributed by atoms with Crippen LogP contribution in [0.15, 0.2) is 42.5 Å². The van der Waals surface area contributed by atoms with E-state index in [1.54, 1.807) is 0 Å². The van der Waals surface area contributed by atoms with E-state index in [0.29, 0.717) is 6.29 Å². The third-order valence-corrected chi connectivity index (χ3v) is 2.76. The van der Waals surface area contributed by atoms with Crippen molar-refractivity contribution >= 4 is 18.9 Å². The highest BCUT2D eigenvalue weighted by atomic mass is 19.1. The third kappa shape index (κ3) is 3.23. The summed E-state index contributed by atoms with van der Waals surface area (Å²) in [4.78, 5) is 10.8. The van der Waals surface area contributed by atoms with Crippen molar-refractivity contribution in [2.75, 3.05) is 0 Å². The number of halogens is 1. The van der Waals surface area contributed by atoms with Gasteiger partial charge in [-0.25, -0.2) is 4.39 Å². The van der Waals surface area contributed by atoms with E-state index in [1.807, 2.05) is 30.3 Å². The number of hydrogen-bond donors (Lipinski definition) is 2. The van der Waals surface area contributed by atoms with Crippen LogP contribution in [0.5, 0.6) is 5.75 Å². The second-order valence-corrected chi connectivity index (χ2v) is 4.18. The van der Waals surface area contributed by atoms with Crippen molar-refractivity contribution < 1.29 is 24.0 Å². The molecule has 0 bridgehead atoms. The zero-order chi connectivity index (χ0) is 14.5. The van der Waals surface area contributed by atoms with E-state index < -0.39 is 18.4 Å². The molecule has 2 aromatic carbocycles. The van der Waals surface area contributed by atoms with Gasteiger partial charge >= 0.3 is 7.12 Å². The molecule has 0 atom stereocenters. The number of carbonyl (C=O) groups is 1. The smallest absolute Gasteiger partial charge is 0.489 e. The van der Waals surface area contributed by atoms with E-state index in [1.165, 1.54) is 6.07 Å². The average molecular weight is 274 g/mol. The fourth-order valence-electron chi connectivity index (χ4n) is 1.74. The summed E-state index contributed by atoms with van der Waals surface area (Å²) in [7, 11) is -2.01. The molecular weight excluding hydrogens is 262 g/mol. The highest BCUT2D eigenvalue weighted by Gasteiger charge is 2.20. The first-order valence-electron chi connectivity index (χ1n) is 5.93. The first-order valence-corrected chi connectivity index (χ1v) is 5.93. The minimum absolute atomic E-state index is 0.195. The lowest BCUT2D eigenvalue weighted by Gasteiger charge is -2.10. The van der Waals surface area contributed by atoms with Gasteiger partial charge in [-0.2, -0.15) is 0 Å². The van der Waals surface area contributed by atoms with Gasteiger partial charge in [0.15, 0.2) is 6.29 Å². The SMILES string of the molecule is O=Cc1cc(OCc2ccccc2)cc(B(O)O)c1F. The minimum Gasteiger partial charge on any atom is -0.489 e. The number of aldehydes is 1. The molecule has 0 aromatic heterocycles. The van der Waals surface area contributed by atoms with Crippen LogP contribution in [0.25, 0.3) is 0 Å². The fourth-order valence-corrected chi connectivity index (χ4v) is 1.74. The van der Waals surface area contributed by atoms with Gasteiger partial charge in [0.25, 0.3) is 0 Å². The molecular formula is C14H12BFO4. The Morgan fingerprint density at radius 3 is 2.50 bits per heavy atom. The monoisotopic (exact) mass is 274 g/mol. The van der Waals surface area contributed by atoms with Gasteiger partial charge in [-0.3, -0.25) is 4.79 Å². The van der Waals surface area contributed by atoms with Crippen molar-refractivity contribution in [3.63, 3.8) is 0 Å². The Bertz CT molecular complexity index is 602. The van der Waals surface area contributed by atoms with Crippen molar-refractivity contribution in [3.05, 3.63) is 59.4 Å². The molecule has 102 valence electrons. The summed E-state index contributed by atoms with van der Waals surface area (Å²) in [6, 6.07) is 11.7. The molecule has 0 aliphatic rings. The lowest BCUT2D eigenvalue weighted by atomic mass is 9.79. The first-order chi connectivity index (χ1) is 9.61. The molecule has 0 saturated carbocycles. The largest absolute Gasteiger partial charge is 0.491 e. The van der Waals surface area contributed by atoms with Gasteiger partial charge in [0, 0.05) is 5.46 Å². The third-order valence-electron chi connectivity index (χ3n) is 2.76. The summed E-state index contributed by atoms with van der Waals surface area (Å²) in [5.74, 6) is -0.762. The predicted octanol–water partition coefficient (Wildman–Crippen LogP) is 0.897. The molecule has 0 unspecified atom stereocenters. The van der Waals surface area contributed by atoms with E-state index in [4.69, 9.17) is 14.8 Å². The zero-order valence-corrected chi connectivity index (χ0v) is 10.5. The number of ether oxygens (including phenoxy) is 1. The van der Waals surface area contributed by atoms with Gasteiger partial charge in [-0.15, -0.1) is 0 Å². The highest BCUT2D eigenvalue weighted by molar-refractivity contribution is 6.58. The van der Waals surface area contributed by atoms with E-state index in [9.17, 15) is 9.18 Å². The van der Waals surface area contributed by atoms with Crippen LogP contribution in [0.2, 0.25) is 0 Å². The fraction of sp³-hybridized carbons (Fsp3) is 0.0714. The van der Waals surface area contributed by atoms with Gasteiger partial charge in [-0.1, -0.05) is 30.3 Å². The molecule has 6 heteroatoms. The van der Waals surface area contributed by atoms with Crippen molar-refractivity contribution in [2.45, 2.75) is 6.61 Å². The van der Waals surface area contributed by atoms with E-state index in [2.05, 4.69) is 0 Å². The molecule has 0 aliphatic heterocycles. The van der Waals surface area contributed by atoms with Crippen molar-refractivity contribution in [3.8, 4) is 5.75 Å². The molecule has 2 N–H and O–H groups in total. The number of benzene rings is 2. The maximum atomic E-state index is 13.7. The molecule has 0 spiro atoms. The Hall–Kier alpha value is -2.18. The standard InChI is InChI=1S/C14H12BFO4/c16-14-11(8-17)6-12(7-13(14)15(18)19)20-9-10-4-2-1-3-5-10/h1-8,18-19H,9H2. The Kier molecular flexibility index (Phi) is 4.50. The Balaban J connectivity index is 2.23. The zero-order valence-electron chi connectivity index (χ0n) is 10.5. The second-order valence-electron chi connectivity index (χ2n) is 4.18. The van der Waals surface area contributed by atoms with E-state index >= 15 is 0 Å². The van der Waals surface area contributed by atoms with Gasteiger partial charge in [0.2, 0.25) is 0 Å². The van der Waals surface area contributed by atoms with Crippen LogP contribution in [-0.2, 0) is 6.61 Å². The number of hydrogen-bond acceptors (Lipinski definition) is 4. The summed E-state index contributed by atoms with van der Waals surface area (Å²) >= 11 is 0. The summed E-state index contributed by atoms with van der Waals surface area (Å²) in [5, 5.41) is 18.2. The van der Waals surface area contributed by atoms with E-state index in [0.717, 1.165) is 11.6 Å². The van der Waals surface area contributed by atoms with Gasteiger partial charge in [0.1, 0.15) is 18.2 Å². The minimum atomic E-state index is -2.01. The molecule has 2 rings (SSSR count). The summed E-state index contributed by atoms with van der Waals surface area (Å²) in [5.41, 5.74) is 0.229. The van der Waals surface area contributed by atoms with Gasteiger partial charge in [-0.05, 0) is 17.7 Å². The number of rotatable bonds is 5. The molecule has 20 heavy (non-hydrogen) atoms. The Morgan fingerprint density at radius 2 is 1.90 bits per heavy atom. The van der Waals surface area contributed by atoms with Crippen LogP contribution in [0, 0.1) is 5.82 Å². The van der Waals surface area contributed by atoms with Crippen molar-refractivity contribution in [1.82, 2.24) is 0 Å². The van der Waals surface area contributed by atoms with Crippen LogP contribution in [0.3, 0.4) is 0 Å². The number of carbonyl (C=O) groups excluding carboxylic acids is 1. The first kappa shape index (κ1) is 14.2. The Labute approximate surface area is 115 Å². The second kappa shape index (κ2) is 6.32. The normalized spacial score (nSPS) is 10.2. The highest BCUT2D eigenvalue weighted by Crippen LogP contribution is 2.16. The molecule has 0 amide bonds. The van der Waals surface area contributed by atoms with Crippen LogP contribution >= 0.6 is 0 Å². The molecule has 2 aromatic rings. The molecule has 0 saturated heterocycles. The quantitative estimate of drug-likeness (QED) is 0.628. The maximum Gasteiger partial charge on any atom is 0.491 e. The summed E-state index contributed by atoms with van der Waals surface area (Å²) in [6.45, 7) is 0.228. The van der Waals surface area contributed by atoms with E-state index in [-0.39, 0.29) is 17.9 Å². The molecule has 0 fully saturated rings. The topological polar surface area (TPSA) is 66.8 Å². The molecule has 0 heterocycles. The lowest BCUT2D eigenvalue weighted by molar-refractivity contribution is 0.111.